The Labute approximate surface area is 237 Å². The maximum atomic E-state index is 2.67. The first kappa shape index (κ1) is 23.9. The van der Waals surface area contributed by atoms with Crippen molar-refractivity contribution in [1.29, 1.82) is 0 Å². The molecule has 0 fully saturated rings. The van der Waals surface area contributed by atoms with E-state index in [-0.39, 0.29) is 0 Å². The summed E-state index contributed by atoms with van der Waals surface area (Å²) in [6.45, 7) is 0. The van der Waals surface area contributed by atoms with Gasteiger partial charge in [0.05, 0.1) is 0 Å². The first-order chi connectivity index (χ1) is 19.8. The van der Waals surface area contributed by atoms with Crippen molar-refractivity contribution in [2.24, 2.45) is 17.8 Å². The lowest BCUT2D eigenvalue weighted by atomic mass is 9.75. The van der Waals surface area contributed by atoms with E-state index in [1.54, 1.807) is 0 Å². The molecule has 40 heavy (non-hydrogen) atoms. The minimum Gasteiger partial charge on any atom is -0.0842 e. The van der Waals surface area contributed by atoms with Gasteiger partial charge in [-0.2, -0.15) is 0 Å². The molecule has 3 aromatic carbocycles. The van der Waals surface area contributed by atoms with Crippen molar-refractivity contribution in [1.82, 2.24) is 0 Å². The summed E-state index contributed by atoms with van der Waals surface area (Å²) in [6, 6.07) is 18.2. The molecule has 0 saturated carbocycles. The lowest BCUT2D eigenvalue weighted by Crippen LogP contribution is -2.37. The van der Waals surface area contributed by atoms with Gasteiger partial charge in [-0.05, 0) is 123 Å². The van der Waals surface area contributed by atoms with Gasteiger partial charge < -0.3 is 0 Å². The van der Waals surface area contributed by atoms with Crippen LogP contribution in [0.25, 0.3) is 40.1 Å². The second-order valence-corrected chi connectivity index (χ2v) is 12.2. The number of allylic oxidation sites excluding steroid dienone is 11. The SMILES string of the molecule is C1=CCC(C2C=c3c(C4=CC=C5C=CCCC5C4)c4ccccc4c(C4=Cc5ccccc5CC4)c3=CC2)C=C1. The molecule has 0 saturated heterocycles. The third-order valence-corrected chi connectivity index (χ3v) is 9.93. The first-order valence-corrected chi connectivity index (χ1v) is 15.3. The zero-order valence-corrected chi connectivity index (χ0v) is 23.2. The normalized spacial score (nSPS) is 24.6. The maximum Gasteiger partial charge on any atom is -0.00698 e. The van der Waals surface area contributed by atoms with Gasteiger partial charge >= 0.3 is 0 Å². The van der Waals surface area contributed by atoms with E-state index in [0.29, 0.717) is 17.8 Å². The highest BCUT2D eigenvalue weighted by atomic mass is 14.3. The van der Waals surface area contributed by atoms with E-state index in [4.69, 9.17) is 0 Å². The minimum absolute atomic E-state index is 0.537. The van der Waals surface area contributed by atoms with E-state index in [1.165, 1.54) is 73.0 Å². The number of hydrogen-bond donors (Lipinski definition) is 0. The van der Waals surface area contributed by atoms with Crippen LogP contribution in [0.3, 0.4) is 0 Å². The molecule has 0 bridgehead atoms. The van der Waals surface area contributed by atoms with Crippen LogP contribution in [0.5, 0.6) is 0 Å². The summed E-state index contributed by atoms with van der Waals surface area (Å²) in [7, 11) is 0. The summed E-state index contributed by atoms with van der Waals surface area (Å²) in [5.41, 5.74) is 10.4. The molecule has 3 atom stereocenters. The summed E-state index contributed by atoms with van der Waals surface area (Å²) in [6.07, 6.45) is 34.7. The average molecular weight is 517 g/mol. The molecule has 5 aliphatic rings. The zero-order chi connectivity index (χ0) is 26.5. The predicted molar refractivity (Wildman–Crippen MR) is 172 cm³/mol. The standard InChI is InChI=1S/C40H36/c1-2-10-27(11-3-1)32-22-23-37-38(26-32)40(34-21-19-29-13-5-7-15-31(29)25-34)36-17-9-8-16-35(36)39(37)33-20-18-28-12-4-6-14-30(28)24-33/h1-6,8-10,12-14,16-17,19,21,23-24,26-27,31-32H,7,11,15,18,20,22,25H2. The fourth-order valence-electron chi connectivity index (χ4n) is 7.88. The van der Waals surface area contributed by atoms with Gasteiger partial charge in [-0.3, -0.25) is 0 Å². The van der Waals surface area contributed by atoms with E-state index in [1.807, 2.05) is 0 Å². The second-order valence-electron chi connectivity index (χ2n) is 12.2. The fourth-order valence-corrected chi connectivity index (χ4v) is 7.88. The summed E-state index contributed by atoms with van der Waals surface area (Å²) >= 11 is 0. The number of rotatable bonds is 3. The highest BCUT2D eigenvalue weighted by Gasteiger charge is 2.27. The highest BCUT2D eigenvalue weighted by molar-refractivity contribution is 6.04. The van der Waals surface area contributed by atoms with Crippen LogP contribution in [0.1, 0.15) is 60.8 Å². The van der Waals surface area contributed by atoms with Crippen molar-refractivity contribution >= 4 is 40.1 Å². The largest absolute Gasteiger partial charge is 0.0842 e. The third kappa shape index (κ3) is 4.05. The van der Waals surface area contributed by atoms with Crippen molar-refractivity contribution in [2.75, 3.05) is 0 Å². The molecule has 0 radical (unpaired) electrons. The third-order valence-electron chi connectivity index (χ3n) is 9.93. The Morgan fingerprint density at radius 2 is 1.55 bits per heavy atom. The Kier molecular flexibility index (Phi) is 5.95. The van der Waals surface area contributed by atoms with Crippen molar-refractivity contribution < 1.29 is 0 Å². The summed E-state index contributed by atoms with van der Waals surface area (Å²) in [5, 5.41) is 5.81. The molecule has 3 unspecified atom stereocenters. The predicted octanol–water partition coefficient (Wildman–Crippen LogP) is 8.72. The monoisotopic (exact) mass is 516 g/mol. The van der Waals surface area contributed by atoms with Gasteiger partial charge in [-0.25, -0.2) is 0 Å². The van der Waals surface area contributed by atoms with Crippen LogP contribution in [0.2, 0.25) is 0 Å². The molecule has 8 rings (SSSR count). The molecule has 0 aromatic heterocycles. The molecular weight excluding hydrogens is 480 g/mol. The fraction of sp³-hybridized carbons (Fsp3) is 0.250. The van der Waals surface area contributed by atoms with Crippen molar-refractivity contribution in [3.8, 4) is 0 Å². The number of hydrogen-bond acceptors (Lipinski definition) is 0. The minimum atomic E-state index is 0.537. The topological polar surface area (TPSA) is 0 Å². The zero-order valence-electron chi connectivity index (χ0n) is 23.2. The lowest BCUT2D eigenvalue weighted by molar-refractivity contribution is 0.509. The van der Waals surface area contributed by atoms with E-state index in [2.05, 4.69) is 115 Å². The Bertz CT molecular complexity index is 1830. The second kappa shape index (κ2) is 9.93. The Morgan fingerprint density at radius 1 is 0.700 bits per heavy atom. The van der Waals surface area contributed by atoms with Crippen LogP contribution >= 0.6 is 0 Å². The van der Waals surface area contributed by atoms with E-state index in [0.717, 1.165) is 32.1 Å². The number of benzene rings is 3. The molecular formula is C40H36. The van der Waals surface area contributed by atoms with Gasteiger partial charge in [-0.1, -0.05) is 115 Å². The van der Waals surface area contributed by atoms with Crippen LogP contribution in [0.15, 0.2) is 103 Å². The maximum absolute atomic E-state index is 2.67. The van der Waals surface area contributed by atoms with Gasteiger partial charge in [0.2, 0.25) is 0 Å². The first-order valence-electron chi connectivity index (χ1n) is 15.3. The van der Waals surface area contributed by atoms with Gasteiger partial charge in [0.15, 0.2) is 0 Å². The van der Waals surface area contributed by atoms with Crippen molar-refractivity contribution in [3.05, 3.63) is 135 Å². The van der Waals surface area contributed by atoms with Gasteiger partial charge in [-0.15, -0.1) is 0 Å². The van der Waals surface area contributed by atoms with Crippen LogP contribution in [-0.4, -0.2) is 0 Å². The molecule has 3 aromatic rings. The summed E-state index contributed by atoms with van der Waals surface area (Å²) in [5.74, 6) is 1.76. The van der Waals surface area contributed by atoms with Crippen LogP contribution < -0.4 is 10.4 Å². The quantitative estimate of drug-likeness (QED) is 0.326. The average Bonchev–Trinajstić information content (AvgIpc) is 3.03. The van der Waals surface area contributed by atoms with Gasteiger partial charge in [0, 0.05) is 0 Å². The smallest absolute Gasteiger partial charge is 0.00698 e. The van der Waals surface area contributed by atoms with E-state index in [9.17, 15) is 0 Å². The molecule has 0 aliphatic heterocycles. The van der Waals surface area contributed by atoms with Crippen molar-refractivity contribution in [3.63, 3.8) is 0 Å². The van der Waals surface area contributed by atoms with Crippen LogP contribution in [0, 0.1) is 17.8 Å². The molecule has 0 nitrogen and oxygen atoms in total. The Morgan fingerprint density at radius 3 is 2.42 bits per heavy atom. The number of aryl methyl sites for hydroxylation is 1. The van der Waals surface area contributed by atoms with E-state index >= 15 is 0 Å². The molecule has 0 amide bonds. The Balaban J connectivity index is 1.40. The van der Waals surface area contributed by atoms with Gasteiger partial charge in [0.25, 0.3) is 0 Å². The lowest BCUT2D eigenvalue weighted by Gasteiger charge is -2.29. The summed E-state index contributed by atoms with van der Waals surface area (Å²) < 4.78 is 0. The van der Waals surface area contributed by atoms with Crippen molar-refractivity contribution in [2.45, 2.75) is 44.9 Å². The summed E-state index contributed by atoms with van der Waals surface area (Å²) in [4.78, 5) is 0. The molecule has 0 heteroatoms. The van der Waals surface area contributed by atoms with Crippen LogP contribution in [0.4, 0.5) is 0 Å². The Hall–Kier alpha value is -3.90. The number of fused-ring (bicyclic) bond motifs is 4. The molecule has 196 valence electrons. The van der Waals surface area contributed by atoms with Gasteiger partial charge in [0.1, 0.15) is 0 Å². The highest BCUT2D eigenvalue weighted by Crippen LogP contribution is 2.40. The molecule has 0 spiro atoms. The molecule has 0 N–H and O–H groups in total. The molecule has 5 aliphatic carbocycles. The molecule has 0 heterocycles. The van der Waals surface area contributed by atoms with Crippen LogP contribution in [-0.2, 0) is 6.42 Å². The van der Waals surface area contributed by atoms with E-state index < -0.39 is 0 Å².